The Labute approximate surface area is 131 Å². The van der Waals surface area contributed by atoms with Crippen molar-refractivity contribution in [1.29, 1.82) is 0 Å². The number of amides is 1. The van der Waals surface area contributed by atoms with Gasteiger partial charge in [-0.1, -0.05) is 6.07 Å². The maximum absolute atomic E-state index is 12.2. The van der Waals surface area contributed by atoms with Gasteiger partial charge in [0.2, 0.25) is 0 Å². The lowest BCUT2D eigenvalue weighted by Crippen LogP contribution is -2.28. The molecule has 0 N–H and O–H groups in total. The van der Waals surface area contributed by atoms with Gasteiger partial charge < -0.3 is 4.90 Å². The second kappa shape index (κ2) is 6.32. The SMILES string of the molecule is CN(CCc1cccs1)C(=O)c1cc(Br)sc1Br. The van der Waals surface area contributed by atoms with Crippen molar-refractivity contribution in [3.8, 4) is 0 Å². The zero-order valence-corrected chi connectivity index (χ0v) is 14.5. The number of carbonyl (C=O) groups excluding carboxylic acids is 1. The molecule has 0 bridgehead atoms. The molecule has 0 aliphatic carbocycles. The molecule has 2 heterocycles. The molecule has 0 saturated heterocycles. The van der Waals surface area contributed by atoms with E-state index in [9.17, 15) is 4.79 Å². The average Bonchev–Trinajstić information content (AvgIpc) is 2.94. The minimum Gasteiger partial charge on any atom is -0.341 e. The summed E-state index contributed by atoms with van der Waals surface area (Å²) in [6.45, 7) is 0.735. The lowest BCUT2D eigenvalue weighted by Gasteiger charge is -2.16. The van der Waals surface area contributed by atoms with Crippen molar-refractivity contribution in [3.63, 3.8) is 0 Å². The molecule has 0 aromatic carbocycles. The predicted octanol–water partition coefficient (Wildman–Crippen LogP) is 4.65. The molecule has 2 rings (SSSR count). The van der Waals surface area contributed by atoms with Gasteiger partial charge >= 0.3 is 0 Å². The number of likely N-dealkylation sites (N-methyl/N-ethyl adjacent to an activating group) is 1. The Balaban J connectivity index is 1.98. The first-order valence-corrected chi connectivity index (χ1v) is 8.59. The molecule has 0 atom stereocenters. The number of nitrogens with zero attached hydrogens (tertiary/aromatic N) is 1. The Morgan fingerprint density at radius 2 is 2.22 bits per heavy atom. The summed E-state index contributed by atoms with van der Waals surface area (Å²) in [7, 11) is 1.84. The van der Waals surface area contributed by atoms with Crippen molar-refractivity contribution in [2.75, 3.05) is 13.6 Å². The number of thiophene rings is 2. The summed E-state index contributed by atoms with van der Waals surface area (Å²) in [5, 5.41) is 2.06. The quantitative estimate of drug-likeness (QED) is 0.720. The number of hydrogen-bond donors (Lipinski definition) is 0. The number of hydrogen-bond acceptors (Lipinski definition) is 3. The fraction of sp³-hybridized carbons (Fsp3) is 0.250. The average molecular weight is 409 g/mol. The minimum atomic E-state index is 0.0559. The molecular formula is C12H11Br2NOS2. The third-order valence-corrected chi connectivity index (χ3v) is 5.78. The summed E-state index contributed by atoms with van der Waals surface area (Å²) in [4.78, 5) is 15.3. The predicted molar refractivity (Wildman–Crippen MR) is 84.7 cm³/mol. The van der Waals surface area contributed by atoms with Crippen LogP contribution in [0.2, 0.25) is 0 Å². The molecule has 96 valence electrons. The Hall–Kier alpha value is -0.170. The van der Waals surface area contributed by atoms with Crippen LogP contribution in [0.25, 0.3) is 0 Å². The second-order valence-electron chi connectivity index (χ2n) is 3.79. The van der Waals surface area contributed by atoms with Gasteiger partial charge in [0.05, 0.1) is 13.1 Å². The first-order valence-electron chi connectivity index (χ1n) is 5.30. The molecular weight excluding hydrogens is 398 g/mol. The van der Waals surface area contributed by atoms with E-state index < -0.39 is 0 Å². The molecule has 0 aliphatic rings. The third kappa shape index (κ3) is 3.44. The Kier molecular flexibility index (Phi) is 5.00. The van der Waals surface area contributed by atoms with Crippen LogP contribution in [-0.4, -0.2) is 24.4 Å². The smallest absolute Gasteiger partial charge is 0.255 e. The van der Waals surface area contributed by atoms with E-state index in [4.69, 9.17) is 0 Å². The summed E-state index contributed by atoms with van der Waals surface area (Å²) < 4.78 is 1.84. The van der Waals surface area contributed by atoms with Gasteiger partial charge in [0.25, 0.3) is 5.91 Å². The highest BCUT2D eigenvalue weighted by atomic mass is 79.9. The molecule has 18 heavy (non-hydrogen) atoms. The zero-order valence-electron chi connectivity index (χ0n) is 9.65. The second-order valence-corrected chi connectivity index (χ2v) is 8.58. The van der Waals surface area contributed by atoms with Crippen molar-refractivity contribution in [2.45, 2.75) is 6.42 Å². The molecule has 2 aromatic rings. The van der Waals surface area contributed by atoms with E-state index in [2.05, 4.69) is 43.3 Å². The van der Waals surface area contributed by atoms with Crippen LogP contribution in [0.1, 0.15) is 15.2 Å². The van der Waals surface area contributed by atoms with Gasteiger partial charge in [0, 0.05) is 18.5 Å². The van der Waals surface area contributed by atoms with E-state index in [-0.39, 0.29) is 5.91 Å². The molecule has 6 heteroatoms. The van der Waals surface area contributed by atoms with Crippen molar-refractivity contribution in [1.82, 2.24) is 4.90 Å². The maximum Gasteiger partial charge on any atom is 0.255 e. The number of halogens is 2. The third-order valence-electron chi connectivity index (χ3n) is 2.51. The lowest BCUT2D eigenvalue weighted by atomic mass is 10.2. The zero-order chi connectivity index (χ0) is 13.1. The van der Waals surface area contributed by atoms with Gasteiger partial charge in [0.15, 0.2) is 0 Å². The molecule has 2 nitrogen and oxygen atoms in total. The van der Waals surface area contributed by atoms with Gasteiger partial charge in [-0.05, 0) is 55.8 Å². The molecule has 0 unspecified atom stereocenters. The summed E-state index contributed by atoms with van der Waals surface area (Å²) in [5.74, 6) is 0.0559. The molecule has 2 aromatic heterocycles. The molecule has 0 radical (unpaired) electrons. The normalized spacial score (nSPS) is 10.6. The van der Waals surface area contributed by atoms with E-state index in [0.717, 1.165) is 26.1 Å². The fourth-order valence-corrected chi connectivity index (χ4v) is 5.00. The largest absolute Gasteiger partial charge is 0.341 e. The topological polar surface area (TPSA) is 20.3 Å². The van der Waals surface area contributed by atoms with Crippen LogP contribution in [0.3, 0.4) is 0 Å². The molecule has 0 fully saturated rings. The minimum absolute atomic E-state index is 0.0559. The highest BCUT2D eigenvalue weighted by Crippen LogP contribution is 2.32. The van der Waals surface area contributed by atoms with Crippen molar-refractivity contribution in [3.05, 3.63) is 41.6 Å². The first-order chi connectivity index (χ1) is 8.58. The van der Waals surface area contributed by atoms with Crippen LogP contribution in [0.5, 0.6) is 0 Å². The van der Waals surface area contributed by atoms with Crippen LogP contribution in [0, 0.1) is 0 Å². The summed E-state index contributed by atoms with van der Waals surface area (Å²) >= 11 is 10.1. The van der Waals surface area contributed by atoms with Gasteiger partial charge in [-0.2, -0.15) is 0 Å². The Morgan fingerprint density at radius 1 is 1.44 bits per heavy atom. The lowest BCUT2D eigenvalue weighted by molar-refractivity contribution is 0.0796. The van der Waals surface area contributed by atoms with E-state index >= 15 is 0 Å². The highest BCUT2D eigenvalue weighted by molar-refractivity contribution is 9.12. The van der Waals surface area contributed by atoms with Crippen molar-refractivity contribution in [2.24, 2.45) is 0 Å². The summed E-state index contributed by atoms with van der Waals surface area (Å²) in [5.41, 5.74) is 0.723. The summed E-state index contributed by atoms with van der Waals surface area (Å²) in [6, 6.07) is 5.99. The molecule has 0 saturated carbocycles. The maximum atomic E-state index is 12.2. The van der Waals surface area contributed by atoms with Crippen molar-refractivity contribution >= 4 is 60.4 Å². The summed E-state index contributed by atoms with van der Waals surface area (Å²) in [6.07, 6.45) is 0.906. The van der Waals surface area contributed by atoms with Crippen LogP contribution in [0.15, 0.2) is 31.2 Å². The van der Waals surface area contributed by atoms with E-state index in [1.807, 2.05) is 19.2 Å². The Bertz CT molecular complexity index is 536. The first kappa shape index (κ1) is 14.2. The Morgan fingerprint density at radius 3 is 2.78 bits per heavy atom. The van der Waals surface area contributed by atoms with Gasteiger partial charge in [-0.3, -0.25) is 4.79 Å². The standard InChI is InChI=1S/C12H11Br2NOS2/c1-15(5-4-8-3-2-6-17-8)12(16)9-7-10(13)18-11(9)14/h2-3,6-7H,4-5H2,1H3. The van der Waals surface area contributed by atoms with E-state index in [0.29, 0.717) is 0 Å². The van der Waals surface area contributed by atoms with Gasteiger partial charge in [-0.15, -0.1) is 22.7 Å². The van der Waals surface area contributed by atoms with Crippen LogP contribution < -0.4 is 0 Å². The van der Waals surface area contributed by atoms with E-state index in [1.54, 1.807) is 16.2 Å². The van der Waals surface area contributed by atoms with E-state index in [1.165, 1.54) is 16.2 Å². The van der Waals surface area contributed by atoms with Crippen molar-refractivity contribution < 1.29 is 4.79 Å². The van der Waals surface area contributed by atoms with Gasteiger partial charge in [0.1, 0.15) is 0 Å². The van der Waals surface area contributed by atoms with Crippen LogP contribution >= 0.6 is 54.5 Å². The molecule has 0 spiro atoms. The van der Waals surface area contributed by atoms with Gasteiger partial charge in [-0.25, -0.2) is 0 Å². The van der Waals surface area contributed by atoms with Crippen LogP contribution in [-0.2, 0) is 6.42 Å². The number of rotatable bonds is 4. The molecule has 1 amide bonds. The highest BCUT2D eigenvalue weighted by Gasteiger charge is 2.17. The molecule has 0 aliphatic heterocycles. The van der Waals surface area contributed by atoms with Crippen LogP contribution in [0.4, 0.5) is 0 Å². The fourth-order valence-electron chi connectivity index (χ4n) is 1.53. The monoisotopic (exact) mass is 407 g/mol. The number of carbonyl (C=O) groups is 1.